The summed E-state index contributed by atoms with van der Waals surface area (Å²) in [6, 6.07) is 6.28. The molecule has 1 aliphatic heterocycles. The van der Waals surface area contributed by atoms with Gasteiger partial charge in [0.1, 0.15) is 0 Å². The average molecular weight is 264 g/mol. The molecule has 18 heavy (non-hydrogen) atoms. The van der Waals surface area contributed by atoms with Crippen molar-refractivity contribution >= 4 is 23.4 Å². The fourth-order valence-corrected chi connectivity index (χ4v) is 2.89. The molecule has 4 heteroatoms. The van der Waals surface area contributed by atoms with E-state index in [4.69, 9.17) is 5.73 Å². The third-order valence-electron chi connectivity index (χ3n) is 2.97. The molecule has 1 heterocycles. The molecule has 0 spiro atoms. The van der Waals surface area contributed by atoms with Crippen LogP contribution in [0.1, 0.15) is 32.3 Å². The molecule has 0 radical (unpaired) electrons. The molecule has 0 fully saturated rings. The van der Waals surface area contributed by atoms with E-state index in [1.807, 2.05) is 6.07 Å². The summed E-state index contributed by atoms with van der Waals surface area (Å²) in [7, 11) is 0. The molecule has 0 bridgehead atoms. The van der Waals surface area contributed by atoms with E-state index in [9.17, 15) is 4.79 Å². The molecule has 1 amide bonds. The van der Waals surface area contributed by atoms with E-state index in [0.29, 0.717) is 5.75 Å². The van der Waals surface area contributed by atoms with Gasteiger partial charge in [-0.15, -0.1) is 11.8 Å². The van der Waals surface area contributed by atoms with Gasteiger partial charge in [-0.3, -0.25) is 4.79 Å². The highest BCUT2D eigenvalue weighted by atomic mass is 32.2. The molecule has 0 atom stereocenters. The molecule has 1 aromatic rings. The van der Waals surface area contributed by atoms with Crippen molar-refractivity contribution in [1.29, 1.82) is 0 Å². The molecule has 0 saturated carbocycles. The fourth-order valence-electron chi connectivity index (χ4n) is 2.02. The molecule has 0 aliphatic carbocycles. The topological polar surface area (TPSA) is 55.1 Å². The highest BCUT2D eigenvalue weighted by Gasteiger charge is 2.15. The zero-order valence-electron chi connectivity index (χ0n) is 11.0. The summed E-state index contributed by atoms with van der Waals surface area (Å²) in [5, 5.41) is 2.89. The van der Waals surface area contributed by atoms with Crippen LogP contribution in [0.5, 0.6) is 0 Å². The number of nitrogens with one attached hydrogen (secondary N) is 1. The second-order valence-electron chi connectivity index (χ2n) is 5.51. The van der Waals surface area contributed by atoms with Crippen LogP contribution < -0.4 is 11.1 Å². The lowest BCUT2D eigenvalue weighted by molar-refractivity contribution is -0.113. The van der Waals surface area contributed by atoms with Crippen LogP contribution in [0.2, 0.25) is 0 Å². The van der Waals surface area contributed by atoms with Crippen molar-refractivity contribution in [2.45, 2.75) is 43.5 Å². The van der Waals surface area contributed by atoms with E-state index in [2.05, 4.69) is 31.3 Å². The summed E-state index contributed by atoms with van der Waals surface area (Å²) in [4.78, 5) is 12.4. The number of carbonyl (C=O) groups excluding carboxylic acids is 1. The molecular weight excluding hydrogens is 244 g/mol. The third-order valence-corrected chi connectivity index (χ3v) is 4.02. The Morgan fingerprint density at radius 3 is 2.94 bits per heavy atom. The van der Waals surface area contributed by atoms with Crippen LogP contribution in [0.15, 0.2) is 23.1 Å². The number of benzene rings is 1. The number of aryl methyl sites for hydroxylation is 1. The summed E-state index contributed by atoms with van der Waals surface area (Å²) in [5.74, 6) is 0.608. The van der Waals surface area contributed by atoms with Gasteiger partial charge in [0.2, 0.25) is 5.91 Å². The molecule has 3 nitrogen and oxygen atoms in total. The van der Waals surface area contributed by atoms with Crippen molar-refractivity contribution in [1.82, 2.24) is 0 Å². The minimum Gasteiger partial charge on any atom is -0.326 e. The zero-order valence-corrected chi connectivity index (χ0v) is 11.8. The SMILES string of the molecule is CC(C)(N)CCCc1ccc2c(c1)SCC(=O)N2. The minimum atomic E-state index is -0.0864. The molecule has 1 aliphatic rings. The Bertz CT molecular complexity index is 452. The van der Waals surface area contributed by atoms with Gasteiger partial charge in [-0.05, 0) is 50.8 Å². The Balaban J connectivity index is 1.97. The van der Waals surface area contributed by atoms with Crippen LogP contribution in [0.25, 0.3) is 0 Å². The highest BCUT2D eigenvalue weighted by molar-refractivity contribution is 8.00. The lowest BCUT2D eigenvalue weighted by atomic mass is 9.97. The zero-order chi connectivity index (χ0) is 13.2. The Morgan fingerprint density at radius 2 is 2.22 bits per heavy atom. The number of rotatable bonds is 4. The third kappa shape index (κ3) is 3.75. The summed E-state index contributed by atoms with van der Waals surface area (Å²) < 4.78 is 0. The largest absolute Gasteiger partial charge is 0.326 e. The maximum atomic E-state index is 11.2. The van der Waals surface area contributed by atoms with Crippen molar-refractivity contribution in [3.63, 3.8) is 0 Å². The minimum absolute atomic E-state index is 0.0864. The smallest absolute Gasteiger partial charge is 0.234 e. The van der Waals surface area contributed by atoms with Gasteiger partial charge in [0.05, 0.1) is 11.4 Å². The van der Waals surface area contributed by atoms with Gasteiger partial charge in [0, 0.05) is 10.4 Å². The number of hydrogen-bond acceptors (Lipinski definition) is 3. The van der Waals surface area contributed by atoms with Gasteiger partial charge in [-0.25, -0.2) is 0 Å². The Labute approximate surface area is 113 Å². The molecule has 0 aromatic heterocycles. The number of amides is 1. The van der Waals surface area contributed by atoms with E-state index < -0.39 is 0 Å². The number of fused-ring (bicyclic) bond motifs is 1. The van der Waals surface area contributed by atoms with E-state index >= 15 is 0 Å². The molecular formula is C14H20N2OS. The van der Waals surface area contributed by atoms with Gasteiger partial charge >= 0.3 is 0 Å². The molecule has 1 aromatic carbocycles. The maximum absolute atomic E-state index is 11.2. The molecule has 3 N–H and O–H groups in total. The molecule has 2 rings (SSSR count). The fraction of sp³-hybridized carbons (Fsp3) is 0.500. The van der Waals surface area contributed by atoms with Gasteiger partial charge in [-0.2, -0.15) is 0 Å². The lowest BCUT2D eigenvalue weighted by Gasteiger charge is -2.19. The number of nitrogens with two attached hydrogens (primary N) is 1. The Kier molecular flexibility index (Phi) is 3.97. The standard InChI is InChI=1S/C14H20N2OS/c1-14(2,15)7-3-4-10-5-6-11-12(8-10)18-9-13(17)16-11/h5-6,8H,3-4,7,9,15H2,1-2H3,(H,16,17). The van der Waals surface area contributed by atoms with Gasteiger partial charge in [-0.1, -0.05) is 6.07 Å². The van der Waals surface area contributed by atoms with Crippen molar-refractivity contribution in [3.8, 4) is 0 Å². The second kappa shape index (κ2) is 5.33. The van der Waals surface area contributed by atoms with Crippen molar-refractivity contribution in [2.75, 3.05) is 11.1 Å². The predicted molar refractivity (Wildman–Crippen MR) is 77.0 cm³/mol. The number of hydrogen-bond donors (Lipinski definition) is 2. The highest BCUT2D eigenvalue weighted by Crippen LogP contribution is 2.32. The Hall–Kier alpha value is -1.00. The second-order valence-corrected chi connectivity index (χ2v) is 6.53. The first kappa shape index (κ1) is 13.4. The number of thioether (sulfide) groups is 1. The van der Waals surface area contributed by atoms with E-state index in [1.165, 1.54) is 10.5 Å². The first-order valence-corrected chi connectivity index (χ1v) is 7.27. The normalized spacial score (nSPS) is 15.2. The van der Waals surface area contributed by atoms with Crippen LogP contribution in [0.4, 0.5) is 5.69 Å². The quantitative estimate of drug-likeness (QED) is 0.879. The Morgan fingerprint density at radius 1 is 1.44 bits per heavy atom. The van der Waals surface area contributed by atoms with E-state index in [-0.39, 0.29) is 11.4 Å². The summed E-state index contributed by atoms with van der Waals surface area (Å²) in [5.41, 5.74) is 8.15. The van der Waals surface area contributed by atoms with Gasteiger partial charge in [0.15, 0.2) is 0 Å². The first-order valence-electron chi connectivity index (χ1n) is 6.28. The molecule has 0 saturated heterocycles. The average Bonchev–Trinajstić information content (AvgIpc) is 2.27. The summed E-state index contributed by atoms with van der Waals surface area (Å²) in [6.45, 7) is 4.12. The van der Waals surface area contributed by atoms with Crippen LogP contribution in [-0.2, 0) is 11.2 Å². The lowest BCUT2D eigenvalue weighted by Crippen LogP contribution is -2.31. The van der Waals surface area contributed by atoms with Crippen LogP contribution >= 0.6 is 11.8 Å². The predicted octanol–water partition coefficient (Wildman–Crippen LogP) is 2.79. The molecule has 0 unspecified atom stereocenters. The van der Waals surface area contributed by atoms with Gasteiger partial charge in [0.25, 0.3) is 0 Å². The maximum Gasteiger partial charge on any atom is 0.234 e. The van der Waals surface area contributed by atoms with Gasteiger partial charge < -0.3 is 11.1 Å². The van der Waals surface area contributed by atoms with Crippen LogP contribution in [0.3, 0.4) is 0 Å². The van der Waals surface area contributed by atoms with Crippen LogP contribution in [-0.4, -0.2) is 17.2 Å². The van der Waals surface area contributed by atoms with Crippen molar-refractivity contribution in [3.05, 3.63) is 23.8 Å². The number of anilines is 1. The van der Waals surface area contributed by atoms with Crippen molar-refractivity contribution < 1.29 is 4.79 Å². The monoisotopic (exact) mass is 264 g/mol. The summed E-state index contributed by atoms with van der Waals surface area (Å²) in [6.07, 6.45) is 3.16. The first-order chi connectivity index (χ1) is 8.44. The van der Waals surface area contributed by atoms with E-state index in [1.54, 1.807) is 11.8 Å². The molecule has 98 valence electrons. The van der Waals surface area contributed by atoms with Crippen LogP contribution in [0, 0.1) is 0 Å². The summed E-state index contributed by atoms with van der Waals surface area (Å²) >= 11 is 1.61. The number of carbonyl (C=O) groups is 1. The van der Waals surface area contributed by atoms with Crippen molar-refractivity contribution in [2.24, 2.45) is 5.73 Å². The van der Waals surface area contributed by atoms with E-state index in [0.717, 1.165) is 24.9 Å².